The number of carbonyl (C=O) groups excluding carboxylic acids is 1. The SMILES string of the molecule is CCn1cc(-c2cc(Cn3ccnc3C)cc3c2CCN(Cc2cn(C)nc2C)C3=O)c(C(F)(F)F)n1. The van der Waals surface area contributed by atoms with E-state index in [1.54, 1.807) is 34.8 Å². The van der Waals surface area contributed by atoms with Gasteiger partial charge in [0.25, 0.3) is 5.91 Å². The number of amides is 1. The van der Waals surface area contributed by atoms with Crippen molar-refractivity contribution < 1.29 is 18.0 Å². The van der Waals surface area contributed by atoms with Crippen LogP contribution in [0.2, 0.25) is 0 Å². The van der Waals surface area contributed by atoms with Crippen LogP contribution in [0.15, 0.2) is 36.9 Å². The summed E-state index contributed by atoms with van der Waals surface area (Å²) in [6.45, 7) is 6.96. The molecule has 4 aromatic rings. The molecule has 0 saturated heterocycles. The van der Waals surface area contributed by atoms with Gasteiger partial charge in [-0.3, -0.25) is 14.2 Å². The lowest BCUT2D eigenvalue weighted by Crippen LogP contribution is -2.37. The van der Waals surface area contributed by atoms with Gasteiger partial charge in [-0.1, -0.05) is 0 Å². The number of benzene rings is 1. The summed E-state index contributed by atoms with van der Waals surface area (Å²) in [7, 11) is 1.83. The number of carbonyl (C=O) groups is 1. The molecule has 0 spiro atoms. The van der Waals surface area contributed by atoms with E-state index in [1.165, 1.54) is 10.9 Å². The molecule has 8 nitrogen and oxygen atoms in total. The van der Waals surface area contributed by atoms with Crippen LogP contribution in [0.25, 0.3) is 11.1 Å². The summed E-state index contributed by atoms with van der Waals surface area (Å²) >= 11 is 0. The smallest absolute Gasteiger partial charge is 0.334 e. The van der Waals surface area contributed by atoms with E-state index < -0.39 is 11.9 Å². The second-order valence-electron chi connectivity index (χ2n) is 9.41. The number of halogens is 3. The Morgan fingerprint density at radius 2 is 1.78 bits per heavy atom. The van der Waals surface area contributed by atoms with Crippen LogP contribution in [0.1, 0.15) is 51.2 Å². The normalized spacial score (nSPS) is 13.9. The van der Waals surface area contributed by atoms with Crippen molar-refractivity contribution in [3.8, 4) is 11.1 Å². The van der Waals surface area contributed by atoms with Gasteiger partial charge in [0.15, 0.2) is 5.69 Å². The zero-order chi connectivity index (χ0) is 26.5. The maximum Gasteiger partial charge on any atom is 0.435 e. The first-order valence-electron chi connectivity index (χ1n) is 12.1. The van der Waals surface area contributed by atoms with Crippen LogP contribution in [0.5, 0.6) is 0 Å². The second-order valence-corrected chi connectivity index (χ2v) is 9.41. The van der Waals surface area contributed by atoms with Crippen molar-refractivity contribution in [1.82, 2.24) is 34.0 Å². The van der Waals surface area contributed by atoms with Crippen molar-refractivity contribution in [2.45, 2.75) is 53.0 Å². The highest BCUT2D eigenvalue weighted by atomic mass is 19.4. The van der Waals surface area contributed by atoms with Crippen molar-refractivity contribution in [2.75, 3.05) is 6.54 Å². The fourth-order valence-corrected chi connectivity index (χ4v) is 4.96. The molecule has 0 saturated carbocycles. The molecule has 0 bridgehead atoms. The highest BCUT2D eigenvalue weighted by Crippen LogP contribution is 2.40. The summed E-state index contributed by atoms with van der Waals surface area (Å²) in [4.78, 5) is 19.7. The van der Waals surface area contributed by atoms with Crippen molar-refractivity contribution in [3.05, 3.63) is 76.4 Å². The lowest BCUT2D eigenvalue weighted by Gasteiger charge is -2.30. The van der Waals surface area contributed by atoms with Crippen LogP contribution >= 0.6 is 0 Å². The molecule has 1 aliphatic heterocycles. The minimum atomic E-state index is -4.62. The molecule has 0 N–H and O–H groups in total. The molecule has 37 heavy (non-hydrogen) atoms. The second kappa shape index (κ2) is 9.20. The fraction of sp³-hybridized carbons (Fsp3) is 0.385. The van der Waals surface area contributed by atoms with Gasteiger partial charge < -0.3 is 9.47 Å². The summed E-state index contributed by atoms with van der Waals surface area (Å²) < 4.78 is 47.0. The van der Waals surface area contributed by atoms with Gasteiger partial charge >= 0.3 is 6.18 Å². The van der Waals surface area contributed by atoms with E-state index in [-0.39, 0.29) is 11.5 Å². The third-order valence-corrected chi connectivity index (χ3v) is 6.86. The Morgan fingerprint density at radius 1 is 1.03 bits per heavy atom. The first-order chi connectivity index (χ1) is 17.5. The van der Waals surface area contributed by atoms with Crippen molar-refractivity contribution in [2.24, 2.45) is 7.05 Å². The van der Waals surface area contributed by atoms with Crippen LogP contribution in [0.3, 0.4) is 0 Å². The zero-order valence-corrected chi connectivity index (χ0v) is 21.2. The standard InChI is InChI=1S/C26H28F3N7O/c1-5-36-15-23(24(32-36)26(27,28)29)21-10-18(12-34-9-7-30-17(34)3)11-22-20(21)6-8-35(25(22)37)14-19-13-33(4)31-16(19)2/h7,9-11,13,15H,5-6,8,12,14H2,1-4H3. The molecule has 5 rings (SSSR count). The highest BCUT2D eigenvalue weighted by Gasteiger charge is 2.39. The van der Waals surface area contributed by atoms with E-state index in [4.69, 9.17) is 0 Å². The van der Waals surface area contributed by atoms with E-state index in [9.17, 15) is 18.0 Å². The number of imidazole rings is 1. The molecule has 194 valence electrons. The topological polar surface area (TPSA) is 73.8 Å². The maximum atomic E-state index is 14.0. The van der Waals surface area contributed by atoms with Crippen LogP contribution < -0.4 is 0 Å². The molecule has 4 heterocycles. The number of aromatic nitrogens is 6. The molecule has 0 unspecified atom stereocenters. The van der Waals surface area contributed by atoms with Crippen molar-refractivity contribution in [1.29, 1.82) is 0 Å². The minimum absolute atomic E-state index is 0.000781. The van der Waals surface area contributed by atoms with Gasteiger partial charge in [0, 0.05) is 74.7 Å². The Kier molecular flexibility index (Phi) is 6.17. The number of rotatable bonds is 6. The zero-order valence-electron chi connectivity index (χ0n) is 21.2. The molecule has 0 atom stereocenters. The molecule has 0 fully saturated rings. The predicted molar refractivity (Wildman–Crippen MR) is 131 cm³/mol. The summed E-state index contributed by atoms with van der Waals surface area (Å²) in [5.74, 6) is 0.570. The summed E-state index contributed by atoms with van der Waals surface area (Å²) in [6.07, 6.45) is 2.61. The van der Waals surface area contributed by atoms with Gasteiger partial charge in [0.05, 0.1) is 5.69 Å². The van der Waals surface area contributed by atoms with Gasteiger partial charge in [-0.15, -0.1) is 0 Å². The van der Waals surface area contributed by atoms with Gasteiger partial charge in [-0.25, -0.2) is 4.98 Å². The monoisotopic (exact) mass is 511 g/mol. The molecule has 11 heteroatoms. The number of hydrogen-bond donors (Lipinski definition) is 0. The van der Waals surface area contributed by atoms with E-state index in [1.807, 2.05) is 37.9 Å². The number of nitrogens with zero attached hydrogens (tertiary/aromatic N) is 7. The molecule has 3 aromatic heterocycles. The van der Waals surface area contributed by atoms with Gasteiger partial charge in [0.1, 0.15) is 5.82 Å². The minimum Gasteiger partial charge on any atom is -0.334 e. The third kappa shape index (κ3) is 4.65. The Labute approximate surface area is 212 Å². The van der Waals surface area contributed by atoms with Crippen molar-refractivity contribution in [3.63, 3.8) is 0 Å². The van der Waals surface area contributed by atoms with E-state index in [2.05, 4.69) is 15.2 Å². The quantitative estimate of drug-likeness (QED) is 0.385. The van der Waals surface area contributed by atoms with E-state index in [0.29, 0.717) is 49.3 Å². The van der Waals surface area contributed by atoms with E-state index in [0.717, 1.165) is 22.6 Å². The summed E-state index contributed by atoms with van der Waals surface area (Å²) in [5, 5.41) is 8.18. The van der Waals surface area contributed by atoms with Crippen LogP contribution in [-0.2, 0) is 39.3 Å². The molecule has 0 aliphatic carbocycles. The lowest BCUT2D eigenvalue weighted by molar-refractivity contribution is -0.141. The number of aryl methyl sites for hydroxylation is 4. The van der Waals surface area contributed by atoms with Gasteiger partial charge in [-0.05, 0) is 56.0 Å². The number of hydrogen-bond acceptors (Lipinski definition) is 4. The van der Waals surface area contributed by atoms with Gasteiger partial charge in [-0.2, -0.15) is 23.4 Å². The van der Waals surface area contributed by atoms with E-state index >= 15 is 0 Å². The van der Waals surface area contributed by atoms with Crippen LogP contribution in [0, 0.1) is 13.8 Å². The number of alkyl halides is 3. The van der Waals surface area contributed by atoms with Gasteiger partial charge in [0.2, 0.25) is 0 Å². The Morgan fingerprint density at radius 3 is 2.41 bits per heavy atom. The molecular formula is C26H28F3N7O. The average Bonchev–Trinajstić information content (AvgIpc) is 3.54. The van der Waals surface area contributed by atoms with Crippen molar-refractivity contribution >= 4 is 5.91 Å². The van der Waals surface area contributed by atoms with Crippen LogP contribution in [0.4, 0.5) is 13.2 Å². The molecule has 1 amide bonds. The maximum absolute atomic E-state index is 14.0. The predicted octanol–water partition coefficient (Wildman–Crippen LogP) is 4.38. The molecule has 0 radical (unpaired) electrons. The average molecular weight is 512 g/mol. The third-order valence-electron chi connectivity index (χ3n) is 6.86. The summed E-state index contributed by atoms with van der Waals surface area (Å²) in [5.41, 5.74) is 3.02. The number of fused-ring (bicyclic) bond motifs is 1. The highest BCUT2D eigenvalue weighted by molar-refractivity contribution is 5.99. The Bertz CT molecular complexity index is 1480. The lowest BCUT2D eigenvalue weighted by atomic mass is 9.88. The summed E-state index contributed by atoms with van der Waals surface area (Å²) in [6, 6.07) is 3.57. The fourth-order valence-electron chi connectivity index (χ4n) is 4.96. The Hall–Kier alpha value is -3.89. The Balaban J connectivity index is 1.63. The van der Waals surface area contributed by atoms with Crippen LogP contribution in [-0.4, -0.2) is 46.5 Å². The molecule has 1 aliphatic rings. The molecular weight excluding hydrogens is 483 g/mol. The first-order valence-corrected chi connectivity index (χ1v) is 12.1. The largest absolute Gasteiger partial charge is 0.435 e. The first kappa shape index (κ1) is 24.8. The molecule has 1 aromatic carbocycles.